The maximum Gasteiger partial charge on any atom is 0.234 e. The van der Waals surface area contributed by atoms with Crippen molar-refractivity contribution in [1.29, 1.82) is 0 Å². The third kappa shape index (κ3) is 5.73. The van der Waals surface area contributed by atoms with E-state index in [1.807, 2.05) is 18.2 Å². The Kier molecular flexibility index (Phi) is 7.33. The monoisotopic (exact) mass is 305 g/mol. The van der Waals surface area contributed by atoms with E-state index >= 15 is 0 Å². The van der Waals surface area contributed by atoms with Gasteiger partial charge in [-0.25, -0.2) is 0 Å². The Balaban J connectivity index is 1.87. The van der Waals surface area contributed by atoms with Gasteiger partial charge in [0.1, 0.15) is 0 Å². The summed E-state index contributed by atoms with van der Waals surface area (Å²) >= 11 is 0. The van der Waals surface area contributed by atoms with Crippen LogP contribution in [0.3, 0.4) is 0 Å². The van der Waals surface area contributed by atoms with Crippen molar-refractivity contribution in [2.24, 2.45) is 0 Å². The number of carbonyl (C=O) groups excluding carboxylic acids is 1. The number of nitrogens with zero attached hydrogens (tertiary/aromatic N) is 2. The highest BCUT2D eigenvalue weighted by molar-refractivity contribution is 5.78. The molecule has 0 saturated carbocycles. The average Bonchev–Trinajstić information content (AvgIpc) is 2.50. The molecule has 2 rings (SSSR count). The molecule has 2 heterocycles. The quantitative estimate of drug-likeness (QED) is 0.875. The molecule has 22 heavy (non-hydrogen) atoms. The van der Waals surface area contributed by atoms with Crippen LogP contribution in [-0.4, -0.2) is 49.1 Å². The van der Waals surface area contributed by atoms with Crippen LogP contribution in [0.2, 0.25) is 0 Å². The number of pyridine rings is 1. The minimum atomic E-state index is -0.187. The second-order valence-electron chi connectivity index (χ2n) is 5.87. The van der Waals surface area contributed by atoms with Crippen LogP contribution in [0.1, 0.15) is 43.8 Å². The van der Waals surface area contributed by atoms with Crippen molar-refractivity contribution < 1.29 is 9.53 Å². The lowest BCUT2D eigenvalue weighted by Crippen LogP contribution is -2.41. The fourth-order valence-electron chi connectivity index (χ4n) is 2.86. The highest BCUT2D eigenvalue weighted by Gasteiger charge is 2.18. The molecule has 1 fully saturated rings. The maximum absolute atomic E-state index is 12.3. The molecule has 1 saturated heterocycles. The van der Waals surface area contributed by atoms with Crippen molar-refractivity contribution in [3.63, 3.8) is 0 Å². The van der Waals surface area contributed by atoms with Gasteiger partial charge in [0, 0.05) is 13.3 Å². The Labute approximate surface area is 133 Å². The highest BCUT2D eigenvalue weighted by Crippen LogP contribution is 2.12. The summed E-state index contributed by atoms with van der Waals surface area (Å²) < 4.78 is 5.22. The van der Waals surface area contributed by atoms with Crippen molar-refractivity contribution in [3.05, 3.63) is 30.1 Å². The number of likely N-dealkylation sites (tertiary alicyclic amines) is 1. The van der Waals surface area contributed by atoms with Gasteiger partial charge in [-0.2, -0.15) is 0 Å². The zero-order chi connectivity index (χ0) is 15.6. The van der Waals surface area contributed by atoms with E-state index in [9.17, 15) is 4.79 Å². The SMILES string of the molecule is COC[C@@H](NC(=O)CN1CCCCCCC1)c1ccccn1. The van der Waals surface area contributed by atoms with Crippen molar-refractivity contribution in [1.82, 2.24) is 15.2 Å². The summed E-state index contributed by atoms with van der Waals surface area (Å²) in [5.41, 5.74) is 0.838. The van der Waals surface area contributed by atoms with E-state index in [1.165, 1.54) is 32.1 Å². The lowest BCUT2D eigenvalue weighted by Gasteiger charge is -2.25. The maximum atomic E-state index is 12.3. The molecule has 1 amide bonds. The number of amides is 1. The topological polar surface area (TPSA) is 54.5 Å². The van der Waals surface area contributed by atoms with Crippen LogP contribution in [-0.2, 0) is 9.53 Å². The molecule has 5 nitrogen and oxygen atoms in total. The predicted octanol–water partition coefficient (Wildman–Crippen LogP) is 2.15. The zero-order valence-electron chi connectivity index (χ0n) is 13.5. The van der Waals surface area contributed by atoms with Crippen molar-refractivity contribution in [3.8, 4) is 0 Å². The second-order valence-corrected chi connectivity index (χ2v) is 5.87. The standard InChI is InChI=1S/C17H27N3O2/c1-22-14-16(15-9-5-6-10-18-15)19-17(21)13-20-11-7-3-2-4-8-12-20/h5-6,9-10,16H,2-4,7-8,11-14H2,1H3,(H,19,21)/t16-/m1/s1. The van der Waals surface area contributed by atoms with Crippen LogP contribution in [0.5, 0.6) is 0 Å². The molecule has 0 spiro atoms. The summed E-state index contributed by atoms with van der Waals surface area (Å²) in [4.78, 5) is 18.9. The number of hydrogen-bond donors (Lipinski definition) is 1. The Hall–Kier alpha value is -1.46. The van der Waals surface area contributed by atoms with E-state index in [0.717, 1.165) is 18.8 Å². The zero-order valence-corrected chi connectivity index (χ0v) is 13.5. The number of carbonyl (C=O) groups is 1. The molecule has 122 valence electrons. The second kappa shape index (κ2) is 9.54. The summed E-state index contributed by atoms with van der Waals surface area (Å²) in [7, 11) is 1.64. The van der Waals surface area contributed by atoms with E-state index in [0.29, 0.717) is 13.2 Å². The Morgan fingerprint density at radius 1 is 1.27 bits per heavy atom. The minimum absolute atomic E-state index is 0.0493. The van der Waals surface area contributed by atoms with Gasteiger partial charge in [0.2, 0.25) is 5.91 Å². The first-order valence-electron chi connectivity index (χ1n) is 8.21. The van der Waals surface area contributed by atoms with Gasteiger partial charge in [0.15, 0.2) is 0 Å². The summed E-state index contributed by atoms with van der Waals surface area (Å²) in [6.07, 6.45) is 8.00. The first-order valence-corrected chi connectivity index (χ1v) is 8.21. The molecule has 1 aliphatic rings. The molecule has 1 N–H and O–H groups in total. The molecule has 5 heteroatoms. The van der Waals surface area contributed by atoms with Crippen molar-refractivity contribution in [2.75, 3.05) is 33.4 Å². The Morgan fingerprint density at radius 2 is 2.00 bits per heavy atom. The largest absolute Gasteiger partial charge is 0.382 e. The lowest BCUT2D eigenvalue weighted by atomic mass is 10.1. The van der Waals surface area contributed by atoms with E-state index < -0.39 is 0 Å². The lowest BCUT2D eigenvalue weighted by molar-refractivity contribution is -0.123. The summed E-state index contributed by atoms with van der Waals surface area (Å²) in [5, 5.41) is 3.05. The molecule has 1 atom stereocenters. The van der Waals surface area contributed by atoms with Crippen LogP contribution >= 0.6 is 0 Å². The fraction of sp³-hybridized carbons (Fsp3) is 0.647. The molecule has 0 aliphatic carbocycles. The normalized spacial score (nSPS) is 18.2. The van der Waals surface area contributed by atoms with E-state index in [1.54, 1.807) is 13.3 Å². The van der Waals surface area contributed by atoms with Gasteiger partial charge in [-0.1, -0.05) is 25.3 Å². The van der Waals surface area contributed by atoms with Crippen LogP contribution in [0.15, 0.2) is 24.4 Å². The number of methoxy groups -OCH3 is 1. The Morgan fingerprint density at radius 3 is 2.64 bits per heavy atom. The molecule has 1 aliphatic heterocycles. The van der Waals surface area contributed by atoms with Crippen LogP contribution in [0, 0.1) is 0 Å². The number of aromatic nitrogens is 1. The van der Waals surface area contributed by atoms with E-state index in [2.05, 4.69) is 15.2 Å². The third-order valence-electron chi connectivity index (χ3n) is 4.03. The van der Waals surface area contributed by atoms with Gasteiger partial charge in [-0.05, 0) is 38.1 Å². The van der Waals surface area contributed by atoms with E-state index in [-0.39, 0.29) is 11.9 Å². The van der Waals surface area contributed by atoms with Gasteiger partial charge >= 0.3 is 0 Å². The van der Waals surface area contributed by atoms with Crippen molar-refractivity contribution >= 4 is 5.91 Å². The smallest absolute Gasteiger partial charge is 0.234 e. The predicted molar refractivity (Wildman–Crippen MR) is 86.5 cm³/mol. The number of ether oxygens (including phenoxy) is 1. The van der Waals surface area contributed by atoms with Gasteiger partial charge in [-0.3, -0.25) is 14.7 Å². The third-order valence-corrected chi connectivity index (χ3v) is 4.03. The molecule has 1 aromatic heterocycles. The average molecular weight is 305 g/mol. The minimum Gasteiger partial charge on any atom is -0.382 e. The van der Waals surface area contributed by atoms with Crippen LogP contribution in [0.4, 0.5) is 0 Å². The number of hydrogen-bond acceptors (Lipinski definition) is 4. The summed E-state index contributed by atoms with van der Waals surface area (Å²) in [5.74, 6) is 0.0493. The van der Waals surface area contributed by atoms with Crippen molar-refractivity contribution in [2.45, 2.75) is 38.1 Å². The number of rotatable bonds is 6. The van der Waals surface area contributed by atoms with E-state index in [4.69, 9.17) is 4.74 Å². The first kappa shape index (κ1) is 16.9. The molecular weight excluding hydrogens is 278 g/mol. The van der Waals surface area contributed by atoms with Gasteiger partial charge < -0.3 is 10.1 Å². The highest BCUT2D eigenvalue weighted by atomic mass is 16.5. The Bertz CT molecular complexity index is 431. The fourth-order valence-corrected chi connectivity index (χ4v) is 2.86. The first-order chi connectivity index (χ1) is 10.8. The van der Waals surface area contributed by atoms with Gasteiger partial charge in [0.25, 0.3) is 0 Å². The molecule has 1 aromatic rings. The molecule has 0 bridgehead atoms. The van der Waals surface area contributed by atoms with Crippen LogP contribution < -0.4 is 5.32 Å². The number of nitrogens with one attached hydrogen (secondary N) is 1. The molecular formula is C17H27N3O2. The summed E-state index contributed by atoms with van der Waals surface area (Å²) in [6, 6.07) is 5.53. The summed E-state index contributed by atoms with van der Waals surface area (Å²) in [6.45, 7) is 2.94. The van der Waals surface area contributed by atoms with Gasteiger partial charge in [0.05, 0.1) is 24.9 Å². The van der Waals surface area contributed by atoms with Crippen LogP contribution in [0.25, 0.3) is 0 Å². The molecule has 0 radical (unpaired) electrons. The molecule has 0 aromatic carbocycles. The molecule has 0 unspecified atom stereocenters. The van der Waals surface area contributed by atoms with Gasteiger partial charge in [-0.15, -0.1) is 0 Å².